The van der Waals surface area contributed by atoms with E-state index < -0.39 is 5.97 Å². The first kappa shape index (κ1) is 13.3. The Morgan fingerprint density at radius 2 is 2.26 bits per heavy atom. The quantitative estimate of drug-likeness (QED) is 0.866. The van der Waals surface area contributed by atoms with Gasteiger partial charge in [0.1, 0.15) is 11.9 Å². The summed E-state index contributed by atoms with van der Waals surface area (Å²) in [4.78, 5) is 15.3. The number of anilines is 1. The van der Waals surface area contributed by atoms with Gasteiger partial charge in [0.2, 0.25) is 0 Å². The lowest BCUT2D eigenvalue weighted by Gasteiger charge is -2.28. The molecule has 2 N–H and O–H groups in total. The molecule has 0 aromatic carbocycles. The van der Waals surface area contributed by atoms with Crippen LogP contribution in [0.15, 0.2) is 18.3 Å². The highest BCUT2D eigenvalue weighted by Gasteiger charge is 2.30. The van der Waals surface area contributed by atoms with E-state index in [9.17, 15) is 9.90 Å². The third-order valence-corrected chi connectivity index (χ3v) is 3.66. The molecule has 5 heteroatoms. The lowest BCUT2D eigenvalue weighted by molar-refractivity contribution is -0.144. The Balaban J connectivity index is 1.92. The SMILES string of the molecule is N#Cc1ccc(NCC2CCCCC2C(=O)O)nc1. The Morgan fingerprint density at radius 1 is 1.47 bits per heavy atom. The molecule has 19 heavy (non-hydrogen) atoms. The van der Waals surface area contributed by atoms with Gasteiger partial charge in [0.25, 0.3) is 0 Å². The molecule has 1 aromatic heterocycles. The second-order valence-electron chi connectivity index (χ2n) is 4.91. The predicted molar refractivity (Wildman–Crippen MR) is 70.5 cm³/mol. The van der Waals surface area contributed by atoms with Gasteiger partial charge in [-0.2, -0.15) is 5.26 Å². The molecular formula is C14H17N3O2. The van der Waals surface area contributed by atoms with Crippen LogP contribution in [0.4, 0.5) is 5.82 Å². The van der Waals surface area contributed by atoms with Crippen LogP contribution in [0.3, 0.4) is 0 Å². The van der Waals surface area contributed by atoms with Gasteiger partial charge in [-0.1, -0.05) is 12.8 Å². The van der Waals surface area contributed by atoms with Crippen LogP contribution in [0.5, 0.6) is 0 Å². The Bertz CT molecular complexity index is 478. The fourth-order valence-electron chi connectivity index (χ4n) is 2.58. The van der Waals surface area contributed by atoms with Gasteiger partial charge >= 0.3 is 5.97 Å². The molecule has 1 saturated carbocycles. The van der Waals surface area contributed by atoms with E-state index in [1.165, 1.54) is 6.20 Å². The number of hydrogen-bond donors (Lipinski definition) is 2. The minimum atomic E-state index is -0.695. The summed E-state index contributed by atoms with van der Waals surface area (Å²) in [5, 5.41) is 21.0. The summed E-state index contributed by atoms with van der Waals surface area (Å²) in [6.45, 7) is 0.621. The van der Waals surface area contributed by atoms with Crippen molar-refractivity contribution in [3.63, 3.8) is 0 Å². The number of carboxylic acid groups (broad SMARTS) is 1. The first-order valence-corrected chi connectivity index (χ1v) is 6.53. The normalized spacial score (nSPS) is 22.5. The third kappa shape index (κ3) is 3.44. The molecule has 1 aliphatic carbocycles. The topological polar surface area (TPSA) is 86.0 Å². The maximum absolute atomic E-state index is 11.2. The van der Waals surface area contributed by atoms with Crippen LogP contribution in [0.1, 0.15) is 31.2 Å². The summed E-state index contributed by atoms with van der Waals surface area (Å²) >= 11 is 0. The van der Waals surface area contributed by atoms with Crippen molar-refractivity contribution in [3.05, 3.63) is 23.9 Å². The number of nitrogens with zero attached hydrogens (tertiary/aromatic N) is 2. The second kappa shape index (κ2) is 6.19. The zero-order valence-corrected chi connectivity index (χ0v) is 10.7. The molecule has 2 atom stereocenters. The fraction of sp³-hybridized carbons (Fsp3) is 0.500. The zero-order valence-electron chi connectivity index (χ0n) is 10.7. The molecule has 1 aromatic rings. The molecule has 0 radical (unpaired) electrons. The van der Waals surface area contributed by atoms with E-state index in [4.69, 9.17) is 5.26 Å². The van der Waals surface area contributed by atoms with Crippen LogP contribution in [-0.2, 0) is 4.79 Å². The standard InChI is InChI=1S/C14H17N3O2/c15-7-10-5-6-13(16-8-10)17-9-11-3-1-2-4-12(11)14(18)19/h5-6,8,11-12H,1-4,9H2,(H,16,17)(H,18,19). The van der Waals surface area contributed by atoms with Crippen molar-refractivity contribution >= 4 is 11.8 Å². The van der Waals surface area contributed by atoms with Gasteiger partial charge in [-0.15, -0.1) is 0 Å². The van der Waals surface area contributed by atoms with E-state index in [-0.39, 0.29) is 11.8 Å². The highest BCUT2D eigenvalue weighted by atomic mass is 16.4. The minimum Gasteiger partial charge on any atom is -0.481 e. The van der Waals surface area contributed by atoms with E-state index in [1.54, 1.807) is 12.1 Å². The number of rotatable bonds is 4. The number of aromatic nitrogens is 1. The molecule has 1 heterocycles. The number of aliphatic carboxylic acids is 1. The van der Waals surface area contributed by atoms with Gasteiger partial charge in [-0.3, -0.25) is 4.79 Å². The molecule has 0 spiro atoms. The minimum absolute atomic E-state index is 0.156. The number of pyridine rings is 1. The maximum Gasteiger partial charge on any atom is 0.306 e. The maximum atomic E-state index is 11.2. The van der Waals surface area contributed by atoms with Crippen molar-refractivity contribution in [1.29, 1.82) is 5.26 Å². The van der Waals surface area contributed by atoms with Crippen molar-refractivity contribution < 1.29 is 9.90 Å². The van der Waals surface area contributed by atoms with Crippen LogP contribution >= 0.6 is 0 Å². The molecule has 100 valence electrons. The van der Waals surface area contributed by atoms with Crippen LogP contribution in [0.2, 0.25) is 0 Å². The van der Waals surface area contributed by atoms with Crippen LogP contribution in [0, 0.1) is 23.2 Å². The van der Waals surface area contributed by atoms with Crippen molar-refractivity contribution in [2.24, 2.45) is 11.8 Å². The van der Waals surface area contributed by atoms with E-state index in [2.05, 4.69) is 10.3 Å². The summed E-state index contributed by atoms with van der Waals surface area (Å²) < 4.78 is 0. The summed E-state index contributed by atoms with van der Waals surface area (Å²) in [5.41, 5.74) is 0.520. The van der Waals surface area contributed by atoms with Crippen molar-refractivity contribution in [2.45, 2.75) is 25.7 Å². The van der Waals surface area contributed by atoms with E-state index in [1.807, 2.05) is 6.07 Å². The zero-order chi connectivity index (χ0) is 13.7. The van der Waals surface area contributed by atoms with E-state index in [0.29, 0.717) is 17.9 Å². The first-order valence-electron chi connectivity index (χ1n) is 6.53. The summed E-state index contributed by atoms with van der Waals surface area (Å²) in [5.74, 6) is -0.101. The Morgan fingerprint density at radius 3 is 2.89 bits per heavy atom. The largest absolute Gasteiger partial charge is 0.481 e. The number of hydrogen-bond acceptors (Lipinski definition) is 4. The highest BCUT2D eigenvalue weighted by Crippen LogP contribution is 2.30. The van der Waals surface area contributed by atoms with Gasteiger partial charge < -0.3 is 10.4 Å². The number of nitriles is 1. The number of nitrogens with one attached hydrogen (secondary N) is 1. The Kier molecular flexibility index (Phi) is 4.35. The number of carboxylic acids is 1. The molecule has 1 fully saturated rings. The Hall–Kier alpha value is -2.09. The summed E-state index contributed by atoms with van der Waals surface area (Å²) in [6.07, 6.45) is 5.32. The van der Waals surface area contributed by atoms with Gasteiger partial charge in [0.05, 0.1) is 11.5 Å². The summed E-state index contributed by atoms with van der Waals surface area (Å²) in [6, 6.07) is 5.46. The van der Waals surface area contributed by atoms with Crippen molar-refractivity contribution in [2.75, 3.05) is 11.9 Å². The Labute approximate surface area is 112 Å². The van der Waals surface area contributed by atoms with Crippen LogP contribution in [-0.4, -0.2) is 22.6 Å². The molecule has 5 nitrogen and oxygen atoms in total. The van der Waals surface area contributed by atoms with Crippen LogP contribution in [0.25, 0.3) is 0 Å². The van der Waals surface area contributed by atoms with E-state index >= 15 is 0 Å². The smallest absolute Gasteiger partial charge is 0.306 e. The molecule has 2 rings (SSSR count). The van der Waals surface area contributed by atoms with Gasteiger partial charge in [0, 0.05) is 12.7 Å². The molecular weight excluding hydrogens is 242 g/mol. The van der Waals surface area contributed by atoms with Crippen LogP contribution < -0.4 is 5.32 Å². The molecule has 0 aliphatic heterocycles. The molecule has 1 aliphatic rings. The van der Waals surface area contributed by atoms with Crippen molar-refractivity contribution in [3.8, 4) is 6.07 Å². The predicted octanol–water partition coefficient (Wildman–Crippen LogP) is 2.26. The lowest BCUT2D eigenvalue weighted by Crippen LogP contribution is -2.31. The average Bonchev–Trinajstić information content (AvgIpc) is 2.46. The summed E-state index contributed by atoms with van der Waals surface area (Å²) in [7, 11) is 0. The second-order valence-corrected chi connectivity index (χ2v) is 4.91. The third-order valence-electron chi connectivity index (χ3n) is 3.66. The monoisotopic (exact) mass is 259 g/mol. The highest BCUT2D eigenvalue weighted by molar-refractivity contribution is 5.70. The molecule has 2 unspecified atom stereocenters. The number of carbonyl (C=O) groups is 1. The van der Waals surface area contributed by atoms with Gasteiger partial charge in [-0.25, -0.2) is 4.98 Å². The average molecular weight is 259 g/mol. The molecule has 0 saturated heterocycles. The van der Waals surface area contributed by atoms with Gasteiger partial charge in [0.15, 0.2) is 0 Å². The molecule has 0 amide bonds. The molecule has 0 bridgehead atoms. The first-order chi connectivity index (χ1) is 9.20. The van der Waals surface area contributed by atoms with Gasteiger partial charge in [-0.05, 0) is 30.9 Å². The van der Waals surface area contributed by atoms with E-state index in [0.717, 1.165) is 25.7 Å². The lowest BCUT2D eigenvalue weighted by atomic mass is 9.79. The fourth-order valence-corrected chi connectivity index (χ4v) is 2.58. The van der Waals surface area contributed by atoms with Crippen molar-refractivity contribution in [1.82, 2.24) is 4.98 Å².